The van der Waals surface area contributed by atoms with E-state index in [1.165, 1.54) is 40.8 Å². The number of alkyl halides is 3. The smallest absolute Gasteiger partial charge is 0.447 e. The molecule has 2 fully saturated rings. The molecule has 0 radical (unpaired) electrons. The van der Waals surface area contributed by atoms with Crippen LogP contribution >= 0.6 is 0 Å². The Morgan fingerprint density at radius 1 is 1.03 bits per heavy atom. The van der Waals surface area contributed by atoms with E-state index < -0.39 is 18.2 Å². The zero-order chi connectivity index (χ0) is 26.2. The second-order valence-electron chi connectivity index (χ2n) is 9.49. The molecule has 3 aromatic rings. The number of nitrogens with zero attached hydrogens (tertiary/aromatic N) is 2. The fourth-order valence-corrected chi connectivity index (χ4v) is 4.86. The first-order chi connectivity index (χ1) is 17.7. The van der Waals surface area contributed by atoms with E-state index in [9.17, 15) is 22.8 Å². The zero-order valence-corrected chi connectivity index (χ0v) is 19.9. The molecular formula is C28H26F3N3O3. The Bertz CT molecular complexity index is 1300. The van der Waals surface area contributed by atoms with Gasteiger partial charge < -0.3 is 10.5 Å². The van der Waals surface area contributed by atoms with Crippen LogP contribution in [0.25, 0.3) is 0 Å². The number of amides is 2. The molecule has 37 heavy (non-hydrogen) atoms. The van der Waals surface area contributed by atoms with Crippen LogP contribution in [0.2, 0.25) is 0 Å². The minimum Gasteiger partial charge on any atom is -0.447 e. The summed E-state index contributed by atoms with van der Waals surface area (Å²) in [7, 11) is 0. The molecule has 1 aliphatic carbocycles. The van der Waals surface area contributed by atoms with Gasteiger partial charge in [-0.3, -0.25) is 14.6 Å². The molecule has 1 aliphatic heterocycles. The average Bonchev–Trinajstić information content (AvgIpc) is 3.38. The van der Waals surface area contributed by atoms with Crippen LogP contribution in [0.3, 0.4) is 0 Å². The molecule has 0 spiro atoms. The molecule has 5 rings (SSSR count). The molecule has 0 bridgehead atoms. The first-order valence-electron chi connectivity index (χ1n) is 12.0. The van der Waals surface area contributed by atoms with Gasteiger partial charge >= 0.3 is 18.2 Å². The Kier molecular flexibility index (Phi) is 6.41. The van der Waals surface area contributed by atoms with Crippen molar-refractivity contribution in [2.75, 3.05) is 23.0 Å². The summed E-state index contributed by atoms with van der Waals surface area (Å²) in [6, 6.07) is 22.4. The van der Waals surface area contributed by atoms with Crippen LogP contribution in [0.4, 0.5) is 35.0 Å². The second kappa shape index (κ2) is 9.55. The summed E-state index contributed by atoms with van der Waals surface area (Å²) in [6.07, 6.45) is -3.24. The SMILES string of the molecule is NC1(CCc2ccccc2)CC1c1ccc(N(C(=O)C(F)(F)F)c2cccc(N3CCOC3=O)c2)cc1. The van der Waals surface area contributed by atoms with Gasteiger partial charge in [0.2, 0.25) is 0 Å². The Morgan fingerprint density at radius 3 is 2.41 bits per heavy atom. The van der Waals surface area contributed by atoms with Crippen molar-refractivity contribution >= 4 is 29.1 Å². The third-order valence-corrected chi connectivity index (χ3v) is 7.00. The quantitative estimate of drug-likeness (QED) is 0.444. The van der Waals surface area contributed by atoms with E-state index in [1.807, 2.05) is 18.2 Å². The summed E-state index contributed by atoms with van der Waals surface area (Å²) in [5.41, 5.74) is 8.78. The van der Waals surface area contributed by atoms with Crippen LogP contribution < -0.4 is 15.5 Å². The molecule has 2 atom stereocenters. The van der Waals surface area contributed by atoms with E-state index in [1.54, 1.807) is 18.2 Å². The Balaban J connectivity index is 1.37. The van der Waals surface area contributed by atoms with E-state index in [0.717, 1.165) is 24.8 Å². The van der Waals surface area contributed by atoms with E-state index >= 15 is 0 Å². The maximum Gasteiger partial charge on any atom is 0.472 e. The van der Waals surface area contributed by atoms with Crippen molar-refractivity contribution in [2.24, 2.45) is 5.73 Å². The molecule has 1 saturated heterocycles. The Morgan fingerprint density at radius 2 is 1.76 bits per heavy atom. The maximum absolute atomic E-state index is 13.6. The van der Waals surface area contributed by atoms with Gasteiger partial charge in [0.25, 0.3) is 0 Å². The summed E-state index contributed by atoms with van der Waals surface area (Å²) in [5.74, 6) is -1.93. The number of rotatable bonds is 7. The molecule has 9 heteroatoms. The van der Waals surface area contributed by atoms with Gasteiger partial charge in [-0.1, -0.05) is 48.5 Å². The van der Waals surface area contributed by atoms with Crippen molar-refractivity contribution in [2.45, 2.75) is 36.9 Å². The molecule has 2 amide bonds. The van der Waals surface area contributed by atoms with Crippen LogP contribution in [-0.2, 0) is 16.0 Å². The van der Waals surface area contributed by atoms with Gasteiger partial charge in [0.15, 0.2) is 0 Å². The van der Waals surface area contributed by atoms with Crippen LogP contribution in [0, 0.1) is 0 Å². The van der Waals surface area contributed by atoms with Crippen LogP contribution in [0.15, 0.2) is 78.9 Å². The third-order valence-electron chi connectivity index (χ3n) is 7.00. The summed E-state index contributed by atoms with van der Waals surface area (Å²) in [6.45, 7) is 0.460. The average molecular weight is 510 g/mol. The number of hydrogen-bond acceptors (Lipinski definition) is 4. The highest BCUT2D eigenvalue weighted by atomic mass is 19.4. The van der Waals surface area contributed by atoms with Gasteiger partial charge in [0.1, 0.15) is 6.61 Å². The predicted octanol–water partition coefficient (Wildman–Crippen LogP) is 5.69. The highest BCUT2D eigenvalue weighted by molar-refractivity contribution is 6.04. The lowest BCUT2D eigenvalue weighted by atomic mass is 9.99. The zero-order valence-electron chi connectivity index (χ0n) is 19.9. The van der Waals surface area contributed by atoms with E-state index in [-0.39, 0.29) is 36.0 Å². The molecule has 2 unspecified atom stereocenters. The number of anilines is 3. The Hall–Kier alpha value is -3.85. The highest BCUT2D eigenvalue weighted by Gasteiger charge is 2.51. The van der Waals surface area contributed by atoms with Gasteiger partial charge in [0, 0.05) is 22.8 Å². The minimum absolute atomic E-state index is 0.00488. The van der Waals surface area contributed by atoms with Crippen molar-refractivity contribution < 1.29 is 27.5 Å². The van der Waals surface area contributed by atoms with E-state index in [2.05, 4.69) is 12.1 Å². The number of cyclic esters (lactones) is 1. The molecule has 2 N–H and O–H groups in total. The fourth-order valence-electron chi connectivity index (χ4n) is 4.86. The molecule has 3 aromatic carbocycles. The normalized spacial score (nSPS) is 21.0. The summed E-state index contributed by atoms with van der Waals surface area (Å²) in [5, 5.41) is 0. The third kappa shape index (κ3) is 5.17. The number of benzene rings is 3. The van der Waals surface area contributed by atoms with E-state index in [4.69, 9.17) is 10.5 Å². The largest absolute Gasteiger partial charge is 0.472 e. The number of ether oxygens (including phenoxy) is 1. The highest BCUT2D eigenvalue weighted by Crippen LogP contribution is 2.52. The molecule has 1 saturated carbocycles. The topological polar surface area (TPSA) is 75.9 Å². The Labute approximate surface area is 212 Å². The number of carbonyl (C=O) groups is 2. The number of nitrogens with two attached hydrogens (primary N) is 1. The van der Waals surface area contributed by atoms with Crippen molar-refractivity contribution in [1.29, 1.82) is 0 Å². The van der Waals surface area contributed by atoms with Crippen molar-refractivity contribution in [1.82, 2.24) is 0 Å². The van der Waals surface area contributed by atoms with Crippen LogP contribution in [-0.4, -0.2) is 36.9 Å². The number of carbonyl (C=O) groups excluding carboxylic acids is 2. The van der Waals surface area contributed by atoms with Gasteiger partial charge in [-0.25, -0.2) is 4.79 Å². The minimum atomic E-state index is -5.10. The number of aryl methyl sites for hydroxylation is 1. The van der Waals surface area contributed by atoms with Gasteiger partial charge in [-0.05, 0) is 60.7 Å². The summed E-state index contributed by atoms with van der Waals surface area (Å²) < 4.78 is 45.7. The molecule has 2 aliphatic rings. The first-order valence-corrected chi connectivity index (χ1v) is 12.0. The summed E-state index contributed by atoms with van der Waals surface area (Å²) in [4.78, 5) is 26.4. The maximum atomic E-state index is 13.6. The molecule has 192 valence electrons. The van der Waals surface area contributed by atoms with Crippen molar-refractivity contribution in [3.8, 4) is 0 Å². The first kappa shape index (κ1) is 24.8. The molecular weight excluding hydrogens is 483 g/mol. The van der Waals surface area contributed by atoms with E-state index in [0.29, 0.717) is 10.6 Å². The van der Waals surface area contributed by atoms with Crippen LogP contribution in [0.5, 0.6) is 0 Å². The lowest BCUT2D eigenvalue weighted by Crippen LogP contribution is -2.38. The standard InChI is InChI=1S/C28H26F3N3O3/c29-28(30,31)25(35)34(23-8-4-7-22(17-23)33-15-16-37-26(33)36)21-11-9-20(10-12-21)24-18-27(24,32)14-13-19-5-2-1-3-6-19/h1-12,17,24H,13-16,18,32H2. The van der Waals surface area contributed by atoms with Crippen molar-refractivity contribution in [3.63, 3.8) is 0 Å². The molecule has 6 nitrogen and oxygen atoms in total. The summed E-state index contributed by atoms with van der Waals surface area (Å²) >= 11 is 0. The van der Waals surface area contributed by atoms with Gasteiger partial charge in [-0.2, -0.15) is 13.2 Å². The van der Waals surface area contributed by atoms with Gasteiger partial charge in [-0.15, -0.1) is 0 Å². The molecule has 0 aromatic heterocycles. The number of halogens is 3. The second-order valence-corrected chi connectivity index (χ2v) is 9.49. The van der Waals surface area contributed by atoms with Crippen molar-refractivity contribution in [3.05, 3.63) is 90.0 Å². The monoisotopic (exact) mass is 509 g/mol. The lowest BCUT2D eigenvalue weighted by Gasteiger charge is -2.25. The number of hydrogen-bond donors (Lipinski definition) is 1. The molecule has 1 heterocycles. The van der Waals surface area contributed by atoms with Crippen LogP contribution in [0.1, 0.15) is 29.9 Å². The lowest BCUT2D eigenvalue weighted by molar-refractivity contribution is -0.169. The fraction of sp³-hybridized carbons (Fsp3) is 0.286. The predicted molar refractivity (Wildman–Crippen MR) is 134 cm³/mol. The van der Waals surface area contributed by atoms with Gasteiger partial charge in [0.05, 0.1) is 12.2 Å².